The number of benzene rings is 6. The van der Waals surface area contributed by atoms with E-state index in [1.165, 1.54) is 65.6 Å². The molecule has 9 aromatic rings. The zero-order valence-electron chi connectivity index (χ0n) is 25.6. The SMILES string of the molecule is Brc1cccnc1.c1ccc2c(c1)Cc1c-2ccc2ccccc12.c1cncc(-n2c3ccccc3c3ccc4ccccc4c32)c1. The molecule has 3 heterocycles. The summed E-state index contributed by atoms with van der Waals surface area (Å²) in [4.78, 5) is 8.15. The van der Waals surface area contributed by atoms with Crippen molar-refractivity contribution < 1.29 is 0 Å². The number of pyridine rings is 2. The molecule has 0 radical (unpaired) electrons. The van der Waals surface area contributed by atoms with E-state index in [-0.39, 0.29) is 0 Å². The molecule has 1 aliphatic rings. The fraction of sp³-hybridized carbons (Fsp3) is 0.0233. The summed E-state index contributed by atoms with van der Waals surface area (Å²) in [6, 6.07) is 51.4. The Morgan fingerprint density at radius 2 is 1.15 bits per heavy atom. The zero-order chi connectivity index (χ0) is 31.6. The molecule has 3 nitrogen and oxygen atoms in total. The minimum atomic E-state index is 1.02. The van der Waals surface area contributed by atoms with Crippen molar-refractivity contribution in [3.05, 3.63) is 186 Å². The molecule has 224 valence electrons. The lowest BCUT2D eigenvalue weighted by Crippen LogP contribution is -1.94. The average Bonchev–Trinajstić information content (AvgIpc) is 3.70. The van der Waals surface area contributed by atoms with Crippen LogP contribution in [0.3, 0.4) is 0 Å². The van der Waals surface area contributed by atoms with Crippen LogP contribution in [-0.2, 0) is 6.42 Å². The summed E-state index contributed by atoms with van der Waals surface area (Å²) < 4.78 is 3.34. The molecule has 10 rings (SSSR count). The molecule has 0 aliphatic heterocycles. The predicted octanol–water partition coefficient (Wildman–Crippen LogP) is 11.6. The van der Waals surface area contributed by atoms with E-state index in [0.29, 0.717) is 0 Å². The molecule has 0 saturated heterocycles. The smallest absolute Gasteiger partial charge is 0.0645 e. The van der Waals surface area contributed by atoms with E-state index >= 15 is 0 Å². The number of hydrogen-bond acceptors (Lipinski definition) is 2. The average molecular weight is 669 g/mol. The van der Waals surface area contributed by atoms with E-state index in [9.17, 15) is 0 Å². The van der Waals surface area contributed by atoms with Crippen molar-refractivity contribution in [3.8, 4) is 16.8 Å². The summed E-state index contributed by atoms with van der Waals surface area (Å²) in [6.45, 7) is 0. The molecule has 1 aliphatic carbocycles. The van der Waals surface area contributed by atoms with E-state index in [4.69, 9.17) is 0 Å². The van der Waals surface area contributed by atoms with E-state index in [1.807, 2.05) is 30.6 Å². The lowest BCUT2D eigenvalue weighted by molar-refractivity contribution is 1.15. The van der Waals surface area contributed by atoms with Gasteiger partial charge in [-0.2, -0.15) is 0 Å². The van der Waals surface area contributed by atoms with E-state index < -0.39 is 0 Å². The topological polar surface area (TPSA) is 30.7 Å². The van der Waals surface area contributed by atoms with Gasteiger partial charge in [0.1, 0.15) is 0 Å². The van der Waals surface area contributed by atoms with E-state index in [1.54, 1.807) is 12.4 Å². The summed E-state index contributed by atoms with van der Waals surface area (Å²) in [5, 5.41) is 7.83. The Kier molecular flexibility index (Phi) is 7.78. The van der Waals surface area contributed by atoms with Crippen molar-refractivity contribution in [2.75, 3.05) is 0 Å². The number of halogens is 1. The third kappa shape index (κ3) is 5.47. The fourth-order valence-electron chi connectivity index (χ4n) is 6.73. The molecular weight excluding hydrogens is 638 g/mol. The normalized spacial score (nSPS) is 11.4. The fourth-order valence-corrected chi connectivity index (χ4v) is 7.00. The van der Waals surface area contributed by atoms with Gasteiger partial charge in [-0.1, -0.05) is 115 Å². The quantitative estimate of drug-likeness (QED) is 0.174. The number of hydrogen-bond donors (Lipinski definition) is 0. The summed E-state index contributed by atoms with van der Waals surface area (Å²) in [5.41, 5.74) is 9.33. The Bertz CT molecular complexity index is 2500. The van der Waals surface area contributed by atoms with Gasteiger partial charge in [0.2, 0.25) is 0 Å². The van der Waals surface area contributed by atoms with Crippen LogP contribution in [0.5, 0.6) is 0 Å². The zero-order valence-corrected chi connectivity index (χ0v) is 27.2. The van der Waals surface area contributed by atoms with E-state index in [2.05, 4.69) is 158 Å². The molecule has 3 aromatic heterocycles. The van der Waals surface area contributed by atoms with Crippen LogP contribution in [0.4, 0.5) is 0 Å². The van der Waals surface area contributed by atoms with Gasteiger partial charge in [0.05, 0.1) is 22.9 Å². The molecule has 0 fully saturated rings. The molecule has 0 N–H and O–H groups in total. The first kappa shape index (κ1) is 28.9. The maximum Gasteiger partial charge on any atom is 0.0645 e. The van der Waals surface area contributed by atoms with Gasteiger partial charge in [0, 0.05) is 39.2 Å². The Hall–Kier alpha value is -5.58. The number of fused-ring (bicyclic) bond motifs is 10. The summed E-state index contributed by atoms with van der Waals surface area (Å²) in [7, 11) is 0. The van der Waals surface area contributed by atoms with Crippen LogP contribution in [0.2, 0.25) is 0 Å². The van der Waals surface area contributed by atoms with Gasteiger partial charge < -0.3 is 4.57 Å². The van der Waals surface area contributed by atoms with Gasteiger partial charge >= 0.3 is 0 Å². The number of nitrogens with zero attached hydrogens (tertiary/aromatic N) is 3. The van der Waals surface area contributed by atoms with Crippen LogP contribution < -0.4 is 0 Å². The van der Waals surface area contributed by atoms with Crippen LogP contribution >= 0.6 is 15.9 Å². The van der Waals surface area contributed by atoms with Gasteiger partial charge in [-0.15, -0.1) is 0 Å². The molecule has 0 saturated carbocycles. The van der Waals surface area contributed by atoms with Gasteiger partial charge in [-0.3, -0.25) is 9.97 Å². The third-order valence-electron chi connectivity index (χ3n) is 8.80. The highest BCUT2D eigenvalue weighted by Gasteiger charge is 2.19. The Morgan fingerprint density at radius 1 is 0.489 bits per heavy atom. The minimum Gasteiger partial charge on any atom is -0.307 e. The van der Waals surface area contributed by atoms with Crippen LogP contribution in [-0.4, -0.2) is 14.5 Å². The van der Waals surface area contributed by atoms with Crippen LogP contribution in [0, 0.1) is 0 Å². The van der Waals surface area contributed by atoms with Crippen LogP contribution in [0.25, 0.3) is 60.2 Å². The molecule has 0 unspecified atom stereocenters. The minimum absolute atomic E-state index is 1.02. The molecule has 0 spiro atoms. The second-order valence-corrected chi connectivity index (χ2v) is 12.5. The highest BCUT2D eigenvalue weighted by Crippen LogP contribution is 2.40. The van der Waals surface area contributed by atoms with Crippen molar-refractivity contribution in [2.24, 2.45) is 0 Å². The first-order chi connectivity index (χ1) is 23.3. The second kappa shape index (κ2) is 12.7. The highest BCUT2D eigenvalue weighted by molar-refractivity contribution is 9.10. The Balaban J connectivity index is 0.000000118. The van der Waals surface area contributed by atoms with Crippen molar-refractivity contribution in [3.63, 3.8) is 0 Å². The monoisotopic (exact) mass is 667 g/mol. The maximum absolute atomic E-state index is 4.31. The number of para-hydroxylation sites is 1. The predicted molar refractivity (Wildman–Crippen MR) is 200 cm³/mol. The van der Waals surface area contributed by atoms with Crippen molar-refractivity contribution >= 4 is 59.3 Å². The Morgan fingerprint density at radius 3 is 1.89 bits per heavy atom. The molecule has 4 heteroatoms. The standard InChI is InChI=1S/C21H14N2.C17H12.C5H4BrN/c1-2-8-17-15(6-1)11-12-19-18-9-3-4-10-20(18)23(21(17)19)16-7-5-13-22-14-16;1-3-7-14-12(5-1)9-10-16-15-8-4-2-6-13(15)11-17(14)16;6-5-2-1-3-7-4-5/h1-14H;1-10H,11H2;1-4H. The maximum atomic E-state index is 4.31. The van der Waals surface area contributed by atoms with Gasteiger partial charge in [-0.05, 0) is 91.1 Å². The molecule has 0 amide bonds. The van der Waals surface area contributed by atoms with Crippen LogP contribution in [0.15, 0.2) is 175 Å². The van der Waals surface area contributed by atoms with Gasteiger partial charge in [0.15, 0.2) is 0 Å². The summed E-state index contributed by atoms with van der Waals surface area (Å²) in [6.07, 6.45) is 8.31. The van der Waals surface area contributed by atoms with Crippen molar-refractivity contribution in [1.29, 1.82) is 0 Å². The van der Waals surface area contributed by atoms with E-state index in [0.717, 1.165) is 16.6 Å². The largest absolute Gasteiger partial charge is 0.307 e. The van der Waals surface area contributed by atoms with Crippen LogP contribution in [0.1, 0.15) is 11.1 Å². The highest BCUT2D eigenvalue weighted by atomic mass is 79.9. The summed E-state index contributed by atoms with van der Waals surface area (Å²) in [5.74, 6) is 0. The summed E-state index contributed by atoms with van der Waals surface area (Å²) >= 11 is 3.25. The third-order valence-corrected chi connectivity index (χ3v) is 9.27. The van der Waals surface area contributed by atoms with Crippen molar-refractivity contribution in [2.45, 2.75) is 6.42 Å². The number of rotatable bonds is 1. The molecule has 0 atom stereocenters. The van der Waals surface area contributed by atoms with Crippen molar-refractivity contribution in [1.82, 2.24) is 14.5 Å². The Labute approximate surface area is 281 Å². The van der Waals surface area contributed by atoms with Gasteiger partial charge in [-0.25, -0.2) is 0 Å². The lowest BCUT2D eigenvalue weighted by atomic mass is 9.99. The molecular formula is C43H30BrN3. The second-order valence-electron chi connectivity index (χ2n) is 11.6. The number of aromatic nitrogens is 3. The first-order valence-electron chi connectivity index (χ1n) is 15.7. The lowest BCUT2D eigenvalue weighted by Gasteiger charge is -2.09. The first-order valence-corrected chi connectivity index (χ1v) is 16.5. The molecule has 47 heavy (non-hydrogen) atoms. The molecule has 0 bridgehead atoms. The molecule has 6 aromatic carbocycles. The van der Waals surface area contributed by atoms with Gasteiger partial charge in [0.25, 0.3) is 0 Å².